The first-order chi connectivity index (χ1) is 6.37. The molecular weight excluding hydrogens is 184 g/mol. The molecule has 0 saturated heterocycles. The Morgan fingerprint density at radius 1 is 0.786 bits per heavy atom. The zero-order valence-electron chi connectivity index (χ0n) is 8.83. The topological polar surface area (TPSA) is 80.9 Å². The summed E-state index contributed by atoms with van der Waals surface area (Å²) in [5, 5.41) is 38.8. The van der Waals surface area contributed by atoms with Gasteiger partial charge in [-0.05, 0) is 5.92 Å². The molecule has 1 fully saturated rings. The van der Waals surface area contributed by atoms with Crippen LogP contribution in [0.1, 0.15) is 20.8 Å². The summed E-state index contributed by atoms with van der Waals surface area (Å²) in [6, 6.07) is 0. The van der Waals surface area contributed by atoms with E-state index < -0.39 is 36.3 Å². The summed E-state index contributed by atoms with van der Waals surface area (Å²) in [4.78, 5) is 0. The SMILES string of the molecule is CC(C)C1C(O)C(O)C(C)C(O)C1O. The third kappa shape index (κ3) is 1.80. The molecule has 0 aromatic carbocycles. The van der Waals surface area contributed by atoms with Crippen LogP contribution >= 0.6 is 0 Å². The van der Waals surface area contributed by atoms with Gasteiger partial charge in [0.1, 0.15) is 0 Å². The highest BCUT2D eigenvalue weighted by Crippen LogP contribution is 2.34. The Bertz CT molecular complexity index is 179. The summed E-state index contributed by atoms with van der Waals surface area (Å²) < 4.78 is 0. The van der Waals surface area contributed by atoms with Gasteiger partial charge in [0.15, 0.2) is 0 Å². The zero-order valence-corrected chi connectivity index (χ0v) is 8.83. The highest BCUT2D eigenvalue weighted by molar-refractivity contribution is 4.97. The van der Waals surface area contributed by atoms with Gasteiger partial charge in [-0.1, -0.05) is 20.8 Å². The van der Waals surface area contributed by atoms with Crippen LogP contribution < -0.4 is 0 Å². The van der Waals surface area contributed by atoms with Gasteiger partial charge in [-0.3, -0.25) is 0 Å². The van der Waals surface area contributed by atoms with Crippen molar-refractivity contribution in [3.8, 4) is 0 Å². The summed E-state index contributed by atoms with van der Waals surface area (Å²) >= 11 is 0. The van der Waals surface area contributed by atoms with Gasteiger partial charge >= 0.3 is 0 Å². The average Bonchev–Trinajstić information content (AvgIpc) is 2.11. The van der Waals surface area contributed by atoms with E-state index in [1.807, 2.05) is 13.8 Å². The third-order valence-electron chi connectivity index (χ3n) is 3.34. The van der Waals surface area contributed by atoms with Gasteiger partial charge in [0.2, 0.25) is 0 Å². The predicted octanol–water partition coefficient (Wildman–Crippen LogP) is -0.648. The lowest BCUT2D eigenvalue weighted by Gasteiger charge is -2.44. The Labute approximate surface area is 84.2 Å². The molecule has 0 aliphatic heterocycles. The molecule has 4 N–H and O–H groups in total. The van der Waals surface area contributed by atoms with Gasteiger partial charge in [0.05, 0.1) is 24.4 Å². The van der Waals surface area contributed by atoms with E-state index in [0.717, 1.165) is 0 Å². The van der Waals surface area contributed by atoms with E-state index in [-0.39, 0.29) is 5.92 Å². The second kappa shape index (κ2) is 4.14. The fourth-order valence-corrected chi connectivity index (χ4v) is 2.27. The Hall–Kier alpha value is -0.160. The molecule has 4 atom stereocenters. The van der Waals surface area contributed by atoms with Crippen LogP contribution in [0, 0.1) is 17.8 Å². The monoisotopic (exact) mass is 204 g/mol. The molecule has 1 rings (SSSR count). The van der Waals surface area contributed by atoms with Crippen LogP contribution in [0.5, 0.6) is 0 Å². The molecule has 0 aromatic heterocycles. The molecule has 1 aliphatic carbocycles. The van der Waals surface area contributed by atoms with Crippen molar-refractivity contribution < 1.29 is 20.4 Å². The predicted molar refractivity (Wildman–Crippen MR) is 51.5 cm³/mol. The molecule has 84 valence electrons. The van der Waals surface area contributed by atoms with E-state index in [0.29, 0.717) is 0 Å². The number of hydrogen-bond donors (Lipinski definition) is 4. The maximum absolute atomic E-state index is 9.75. The van der Waals surface area contributed by atoms with E-state index >= 15 is 0 Å². The van der Waals surface area contributed by atoms with Gasteiger partial charge in [-0.2, -0.15) is 0 Å². The van der Waals surface area contributed by atoms with Crippen molar-refractivity contribution in [1.29, 1.82) is 0 Å². The second-order valence-corrected chi connectivity index (χ2v) is 4.64. The van der Waals surface area contributed by atoms with Crippen LogP contribution in [-0.2, 0) is 0 Å². The lowest BCUT2D eigenvalue weighted by Crippen LogP contribution is -2.58. The Morgan fingerprint density at radius 3 is 1.43 bits per heavy atom. The standard InChI is InChI=1S/C10H20O4/c1-4(2)6-9(13)7(11)5(3)8(12)10(6)14/h4-14H,1-3H3. The van der Waals surface area contributed by atoms with Crippen molar-refractivity contribution in [2.75, 3.05) is 0 Å². The molecule has 1 saturated carbocycles. The van der Waals surface area contributed by atoms with Crippen LogP contribution in [0.25, 0.3) is 0 Å². The van der Waals surface area contributed by atoms with E-state index in [9.17, 15) is 20.4 Å². The molecule has 0 heterocycles. The second-order valence-electron chi connectivity index (χ2n) is 4.64. The molecule has 4 unspecified atom stereocenters. The zero-order chi connectivity index (χ0) is 11.0. The molecule has 4 nitrogen and oxygen atoms in total. The Balaban J connectivity index is 2.86. The molecular formula is C10H20O4. The summed E-state index contributed by atoms with van der Waals surface area (Å²) in [5.41, 5.74) is 0. The van der Waals surface area contributed by atoms with Gasteiger partial charge in [-0.15, -0.1) is 0 Å². The summed E-state index contributed by atoms with van der Waals surface area (Å²) in [6.45, 7) is 5.33. The molecule has 1 aliphatic rings. The third-order valence-corrected chi connectivity index (χ3v) is 3.34. The van der Waals surface area contributed by atoms with Gasteiger partial charge < -0.3 is 20.4 Å². The molecule has 0 bridgehead atoms. The van der Waals surface area contributed by atoms with E-state index in [1.165, 1.54) is 0 Å². The minimum absolute atomic E-state index is 0.0248. The molecule has 0 spiro atoms. The van der Waals surface area contributed by atoms with Crippen molar-refractivity contribution in [2.24, 2.45) is 17.8 Å². The first-order valence-electron chi connectivity index (χ1n) is 5.10. The van der Waals surface area contributed by atoms with Crippen LogP contribution in [0.4, 0.5) is 0 Å². The van der Waals surface area contributed by atoms with Gasteiger partial charge in [0, 0.05) is 11.8 Å². The van der Waals surface area contributed by atoms with E-state index in [2.05, 4.69) is 0 Å². The maximum Gasteiger partial charge on any atom is 0.0858 e. The lowest BCUT2D eigenvalue weighted by atomic mass is 9.70. The van der Waals surface area contributed by atoms with Crippen molar-refractivity contribution in [2.45, 2.75) is 45.2 Å². The maximum atomic E-state index is 9.75. The Morgan fingerprint density at radius 2 is 1.14 bits per heavy atom. The van der Waals surface area contributed by atoms with Crippen LogP contribution in [0.3, 0.4) is 0 Å². The van der Waals surface area contributed by atoms with Crippen molar-refractivity contribution in [3.05, 3.63) is 0 Å². The van der Waals surface area contributed by atoms with Gasteiger partial charge in [-0.25, -0.2) is 0 Å². The lowest BCUT2D eigenvalue weighted by molar-refractivity contribution is -0.184. The minimum Gasteiger partial charge on any atom is -0.390 e. The summed E-state index contributed by atoms with van der Waals surface area (Å²) in [7, 11) is 0. The Kier molecular flexibility index (Phi) is 3.53. The molecule has 0 amide bonds. The average molecular weight is 204 g/mol. The molecule has 4 heteroatoms. The summed E-state index contributed by atoms with van der Waals surface area (Å²) in [5.74, 6) is -0.928. The fraction of sp³-hybridized carbons (Fsp3) is 1.00. The van der Waals surface area contributed by atoms with E-state index in [1.54, 1.807) is 6.92 Å². The molecule has 14 heavy (non-hydrogen) atoms. The normalized spacial score (nSPS) is 49.7. The minimum atomic E-state index is -0.958. The van der Waals surface area contributed by atoms with Crippen molar-refractivity contribution in [3.63, 3.8) is 0 Å². The van der Waals surface area contributed by atoms with Crippen LogP contribution in [-0.4, -0.2) is 44.8 Å². The van der Waals surface area contributed by atoms with Crippen molar-refractivity contribution >= 4 is 0 Å². The smallest absolute Gasteiger partial charge is 0.0858 e. The van der Waals surface area contributed by atoms with Crippen LogP contribution in [0.15, 0.2) is 0 Å². The number of rotatable bonds is 1. The first-order valence-corrected chi connectivity index (χ1v) is 5.10. The highest BCUT2D eigenvalue weighted by atomic mass is 16.4. The quantitative estimate of drug-likeness (QED) is 0.457. The molecule has 0 aromatic rings. The molecule has 0 radical (unpaired) electrons. The van der Waals surface area contributed by atoms with Crippen LogP contribution in [0.2, 0.25) is 0 Å². The largest absolute Gasteiger partial charge is 0.390 e. The number of aliphatic hydroxyl groups excluding tert-OH is 4. The van der Waals surface area contributed by atoms with E-state index in [4.69, 9.17) is 0 Å². The first kappa shape index (κ1) is 11.9. The number of aliphatic hydroxyl groups is 4. The van der Waals surface area contributed by atoms with Gasteiger partial charge in [0.25, 0.3) is 0 Å². The number of hydrogen-bond acceptors (Lipinski definition) is 4. The highest BCUT2D eigenvalue weighted by Gasteiger charge is 2.47. The fourth-order valence-electron chi connectivity index (χ4n) is 2.27. The summed E-state index contributed by atoms with van der Waals surface area (Å²) in [6.07, 6.45) is -3.83. The van der Waals surface area contributed by atoms with Crippen molar-refractivity contribution in [1.82, 2.24) is 0 Å².